The number of aryl methyl sites for hydroxylation is 1. The van der Waals surface area contributed by atoms with Gasteiger partial charge in [-0.15, -0.1) is 0 Å². The predicted molar refractivity (Wildman–Crippen MR) is 38.3 cm³/mol. The van der Waals surface area contributed by atoms with Crippen molar-refractivity contribution in [2.45, 2.75) is 20.5 Å². The number of aliphatic hydroxyl groups is 1. The van der Waals surface area contributed by atoms with Crippen LogP contribution in [-0.2, 0) is 13.7 Å². The quantitative estimate of drug-likeness (QED) is 0.616. The molecule has 0 saturated carbocycles. The number of rotatable bonds is 1. The van der Waals surface area contributed by atoms with Crippen molar-refractivity contribution in [1.82, 2.24) is 14.8 Å². The summed E-state index contributed by atoms with van der Waals surface area (Å²) >= 11 is 0. The van der Waals surface area contributed by atoms with Crippen molar-refractivity contribution >= 4 is 0 Å². The Morgan fingerprint density at radius 2 is 2.20 bits per heavy atom. The fourth-order valence-corrected chi connectivity index (χ4v) is 0.456. The van der Waals surface area contributed by atoms with Crippen molar-refractivity contribution in [3.05, 3.63) is 12.2 Å². The van der Waals surface area contributed by atoms with E-state index in [4.69, 9.17) is 5.11 Å². The van der Waals surface area contributed by atoms with Crippen LogP contribution in [-0.4, -0.2) is 19.9 Å². The molecule has 0 saturated heterocycles. The summed E-state index contributed by atoms with van der Waals surface area (Å²) in [6.45, 7) is 3.92. The van der Waals surface area contributed by atoms with Crippen molar-refractivity contribution < 1.29 is 5.11 Å². The molecule has 10 heavy (non-hydrogen) atoms. The molecule has 0 fully saturated rings. The molecule has 4 heteroatoms. The molecule has 1 rings (SSSR count). The fourth-order valence-electron chi connectivity index (χ4n) is 0.456. The number of nitrogens with zero attached hydrogens (tertiary/aromatic N) is 3. The molecular weight excluding hydrogens is 130 g/mol. The van der Waals surface area contributed by atoms with Gasteiger partial charge in [-0.2, -0.15) is 5.10 Å². The Hall–Kier alpha value is -0.900. The van der Waals surface area contributed by atoms with Gasteiger partial charge in [0, 0.05) is 7.05 Å². The normalized spacial score (nSPS) is 8.40. The number of aromatic nitrogens is 3. The van der Waals surface area contributed by atoms with E-state index in [1.807, 2.05) is 13.8 Å². The van der Waals surface area contributed by atoms with Gasteiger partial charge >= 0.3 is 0 Å². The highest BCUT2D eigenvalue weighted by Gasteiger charge is 1.91. The highest BCUT2D eigenvalue weighted by atomic mass is 16.3. The van der Waals surface area contributed by atoms with E-state index in [1.165, 1.54) is 0 Å². The van der Waals surface area contributed by atoms with Gasteiger partial charge in [-0.05, 0) is 0 Å². The summed E-state index contributed by atoms with van der Waals surface area (Å²) in [5.74, 6) is 0.465. The minimum absolute atomic E-state index is 0.0825. The minimum atomic E-state index is -0.0825. The van der Waals surface area contributed by atoms with Gasteiger partial charge in [0.1, 0.15) is 12.9 Å². The highest BCUT2D eigenvalue weighted by molar-refractivity contribution is 4.75. The Bertz CT molecular complexity index is 173. The van der Waals surface area contributed by atoms with E-state index >= 15 is 0 Å². The van der Waals surface area contributed by atoms with Gasteiger partial charge < -0.3 is 5.11 Å². The lowest BCUT2D eigenvalue weighted by Gasteiger charge is -1.80. The molecule has 0 bridgehead atoms. The van der Waals surface area contributed by atoms with E-state index in [0.29, 0.717) is 5.82 Å². The molecule has 58 valence electrons. The number of hydrogen-bond donors (Lipinski definition) is 1. The van der Waals surface area contributed by atoms with E-state index in [1.54, 1.807) is 18.1 Å². The lowest BCUT2D eigenvalue weighted by molar-refractivity contribution is 0.271. The van der Waals surface area contributed by atoms with E-state index in [-0.39, 0.29) is 6.61 Å². The molecular formula is C6H13N3O. The Balaban J connectivity index is 0.000000371. The summed E-state index contributed by atoms with van der Waals surface area (Å²) in [6.07, 6.45) is 1.55. The first-order valence-electron chi connectivity index (χ1n) is 3.28. The molecule has 1 N–H and O–H groups in total. The zero-order valence-corrected chi connectivity index (χ0v) is 6.57. The third-order valence-corrected chi connectivity index (χ3v) is 0.788. The first kappa shape index (κ1) is 9.10. The second-order valence-electron chi connectivity index (χ2n) is 1.49. The first-order chi connectivity index (χ1) is 4.83. The molecule has 1 aromatic heterocycles. The summed E-state index contributed by atoms with van der Waals surface area (Å²) in [7, 11) is 1.76. The Morgan fingerprint density at radius 3 is 2.40 bits per heavy atom. The van der Waals surface area contributed by atoms with Gasteiger partial charge in [-0.1, -0.05) is 13.8 Å². The van der Waals surface area contributed by atoms with Gasteiger partial charge in [0.05, 0.1) is 0 Å². The van der Waals surface area contributed by atoms with Crippen LogP contribution in [0, 0.1) is 0 Å². The van der Waals surface area contributed by atoms with Gasteiger partial charge in [-0.25, -0.2) is 4.98 Å². The van der Waals surface area contributed by atoms with E-state index in [9.17, 15) is 0 Å². The average molecular weight is 143 g/mol. The van der Waals surface area contributed by atoms with Crippen LogP contribution in [0.3, 0.4) is 0 Å². The van der Waals surface area contributed by atoms with E-state index in [0.717, 1.165) is 0 Å². The molecule has 1 aromatic rings. The van der Waals surface area contributed by atoms with Crippen molar-refractivity contribution in [2.75, 3.05) is 0 Å². The lowest BCUT2D eigenvalue weighted by atomic mass is 10.7. The Morgan fingerprint density at radius 1 is 1.60 bits per heavy atom. The van der Waals surface area contributed by atoms with Gasteiger partial charge in [-0.3, -0.25) is 4.68 Å². The maximum Gasteiger partial charge on any atom is 0.175 e. The Labute approximate surface area is 60.5 Å². The first-order valence-corrected chi connectivity index (χ1v) is 3.28. The van der Waals surface area contributed by atoms with Crippen molar-refractivity contribution in [2.24, 2.45) is 7.05 Å². The fraction of sp³-hybridized carbons (Fsp3) is 0.667. The maximum atomic E-state index is 8.41. The molecule has 0 amide bonds. The zero-order valence-electron chi connectivity index (χ0n) is 6.57. The summed E-state index contributed by atoms with van der Waals surface area (Å²) in [5.41, 5.74) is 0. The van der Waals surface area contributed by atoms with Crippen LogP contribution in [0.4, 0.5) is 0 Å². The van der Waals surface area contributed by atoms with E-state index < -0.39 is 0 Å². The Kier molecular flexibility index (Phi) is 4.49. The second kappa shape index (κ2) is 4.93. The average Bonchev–Trinajstić information content (AvgIpc) is 2.40. The molecule has 0 aromatic carbocycles. The van der Waals surface area contributed by atoms with E-state index in [2.05, 4.69) is 10.1 Å². The number of aliphatic hydroxyl groups excluding tert-OH is 1. The number of hydrogen-bond acceptors (Lipinski definition) is 3. The zero-order chi connectivity index (χ0) is 7.98. The van der Waals surface area contributed by atoms with Crippen LogP contribution in [0.5, 0.6) is 0 Å². The van der Waals surface area contributed by atoms with Gasteiger partial charge in [0.2, 0.25) is 0 Å². The molecule has 0 aliphatic heterocycles. The molecule has 0 spiro atoms. The van der Waals surface area contributed by atoms with Gasteiger partial charge in [0.15, 0.2) is 5.82 Å². The smallest absolute Gasteiger partial charge is 0.175 e. The maximum absolute atomic E-state index is 8.41. The van der Waals surface area contributed by atoms with Crippen LogP contribution in [0.15, 0.2) is 6.33 Å². The monoisotopic (exact) mass is 143 g/mol. The second-order valence-corrected chi connectivity index (χ2v) is 1.49. The SMILES string of the molecule is CC.Cn1cnc(CO)n1. The van der Waals surface area contributed by atoms with Crippen LogP contribution >= 0.6 is 0 Å². The molecule has 4 nitrogen and oxygen atoms in total. The van der Waals surface area contributed by atoms with Gasteiger partial charge in [0.25, 0.3) is 0 Å². The topological polar surface area (TPSA) is 50.9 Å². The predicted octanol–water partition coefficient (Wildman–Crippen LogP) is 0.334. The summed E-state index contributed by atoms with van der Waals surface area (Å²) in [6, 6.07) is 0. The minimum Gasteiger partial charge on any atom is -0.388 e. The molecule has 0 aliphatic rings. The summed E-state index contributed by atoms with van der Waals surface area (Å²) < 4.78 is 1.55. The van der Waals surface area contributed by atoms with Crippen LogP contribution in [0.2, 0.25) is 0 Å². The molecule has 0 atom stereocenters. The van der Waals surface area contributed by atoms with Crippen molar-refractivity contribution in [3.63, 3.8) is 0 Å². The molecule has 0 unspecified atom stereocenters. The highest BCUT2D eigenvalue weighted by Crippen LogP contribution is 1.83. The summed E-state index contributed by atoms with van der Waals surface area (Å²) in [5, 5.41) is 12.2. The van der Waals surface area contributed by atoms with Crippen LogP contribution in [0.1, 0.15) is 19.7 Å². The molecule has 0 aliphatic carbocycles. The third kappa shape index (κ3) is 2.59. The third-order valence-electron chi connectivity index (χ3n) is 0.788. The largest absolute Gasteiger partial charge is 0.388 e. The lowest BCUT2D eigenvalue weighted by Crippen LogP contribution is -1.90. The van der Waals surface area contributed by atoms with Crippen LogP contribution in [0.25, 0.3) is 0 Å². The van der Waals surface area contributed by atoms with Crippen molar-refractivity contribution in [1.29, 1.82) is 0 Å². The van der Waals surface area contributed by atoms with Crippen molar-refractivity contribution in [3.8, 4) is 0 Å². The summed E-state index contributed by atoms with van der Waals surface area (Å²) in [4.78, 5) is 3.74. The molecule has 1 heterocycles. The molecule has 0 radical (unpaired) electrons. The van der Waals surface area contributed by atoms with Crippen LogP contribution < -0.4 is 0 Å². The standard InChI is InChI=1S/C4H7N3O.C2H6/c1-7-3-5-4(2-8)6-7;1-2/h3,8H,2H2,1H3;1-2H3.